The first-order valence-corrected chi connectivity index (χ1v) is 25.5. The molecule has 0 spiro atoms. The van der Waals surface area contributed by atoms with Crippen molar-refractivity contribution in [3.8, 4) is 0 Å². The monoisotopic (exact) mass is 816 g/mol. The van der Waals surface area contributed by atoms with Crippen LogP contribution in [0, 0.1) is 46.3 Å². The number of carbonyl (C=O) groups excluding carboxylic acids is 4. The first kappa shape index (κ1) is 44.3. The second-order valence-corrected chi connectivity index (χ2v) is 22.5. The van der Waals surface area contributed by atoms with Gasteiger partial charge in [-0.15, -0.1) is 0 Å². The van der Waals surface area contributed by atoms with Crippen LogP contribution >= 0.6 is 21.6 Å². The SMILES string of the molecule is [3H]C[C@@H]1C[C@@H](OC(=O)CCC(=O)CC)CN1C(=O)CCCCCCC(=O)CCSS[C@H]1CC[C@@]2(C)C(=CCC3C2CC[C@@]2(C)C3CC[C@@H]2[C@H](C)CCCC(C)C)C1. The molecule has 8 heteroatoms. The molecule has 0 bridgehead atoms. The predicted molar refractivity (Wildman–Crippen MR) is 234 cm³/mol. The summed E-state index contributed by atoms with van der Waals surface area (Å²) in [5.74, 6) is 6.19. The maximum Gasteiger partial charge on any atom is 0.306 e. The summed E-state index contributed by atoms with van der Waals surface area (Å²) in [7, 11) is 3.96. The Bertz CT molecular complexity index is 1390. The number of rotatable bonds is 22. The first-order chi connectivity index (χ1) is 27.3. The number of Topliss-reactive ketones (excluding diaryl/α,β-unsaturated/α-hetero) is 2. The standard InChI is InChI=1S/C48H79NO5S2/c1-8-37(50)19-23-46(53)54-39-30-35(5)49(32-39)45(52)17-12-10-9-11-16-38(51)26-29-55-56-40-24-27-47(6)36(31-40)18-20-41-43-22-21-42(34(4)15-13-14-33(2)3)48(43,7)28-25-44(41)47/h18,33-35,39-44H,8-17,19-32H2,1-7H3/t34-,35-,39-,40+,41?,42-,43?,44?,47+,48-/m1/s1/i5T. The molecule has 318 valence electrons. The maximum atomic E-state index is 13.0. The maximum absolute atomic E-state index is 13.0. The van der Waals surface area contributed by atoms with Crippen LogP contribution in [0.25, 0.3) is 0 Å². The molecule has 4 fully saturated rings. The summed E-state index contributed by atoms with van der Waals surface area (Å²) in [6.07, 6.45) is 23.9. The van der Waals surface area contributed by atoms with Gasteiger partial charge in [0.05, 0.1) is 13.0 Å². The number of nitrogens with zero attached hydrogens (tertiary/aromatic N) is 1. The Morgan fingerprint density at radius 1 is 0.893 bits per heavy atom. The summed E-state index contributed by atoms with van der Waals surface area (Å²) in [4.78, 5) is 51.1. The molecule has 6 nitrogen and oxygen atoms in total. The minimum atomic E-state index is -0.403. The Hall–Kier alpha value is -1.28. The fourth-order valence-corrected chi connectivity index (χ4v) is 14.9. The van der Waals surface area contributed by atoms with E-state index in [-0.39, 0.29) is 37.5 Å². The highest BCUT2D eigenvalue weighted by molar-refractivity contribution is 8.76. The van der Waals surface area contributed by atoms with Crippen molar-refractivity contribution in [3.05, 3.63) is 11.6 Å². The Labute approximate surface area is 351 Å². The number of hydrogen-bond acceptors (Lipinski definition) is 7. The molecular formula is C48H79NO5S2. The minimum Gasteiger partial charge on any atom is -0.460 e. The highest BCUT2D eigenvalue weighted by atomic mass is 33.1. The first-order valence-electron chi connectivity index (χ1n) is 23.8. The molecule has 5 aliphatic rings. The van der Waals surface area contributed by atoms with E-state index in [0.717, 1.165) is 66.9 Å². The summed E-state index contributed by atoms with van der Waals surface area (Å²) in [5, 5.41) is 0.667. The highest BCUT2D eigenvalue weighted by Crippen LogP contribution is 2.67. The number of carbonyl (C=O) groups is 4. The van der Waals surface area contributed by atoms with Crippen LogP contribution < -0.4 is 0 Å². The van der Waals surface area contributed by atoms with Crippen molar-refractivity contribution in [2.75, 3.05) is 12.3 Å². The van der Waals surface area contributed by atoms with E-state index in [0.29, 0.717) is 60.5 Å². The number of allylic oxidation sites excluding steroid dienone is 2. The molecule has 1 aliphatic heterocycles. The molecule has 1 saturated heterocycles. The lowest BCUT2D eigenvalue weighted by molar-refractivity contribution is -0.150. The Morgan fingerprint density at radius 2 is 1.68 bits per heavy atom. The molecule has 0 aromatic rings. The largest absolute Gasteiger partial charge is 0.460 e. The molecular weight excluding hydrogens is 735 g/mol. The van der Waals surface area contributed by atoms with Crippen molar-refractivity contribution in [3.63, 3.8) is 0 Å². The predicted octanol–water partition coefficient (Wildman–Crippen LogP) is 12.4. The van der Waals surface area contributed by atoms with E-state index in [4.69, 9.17) is 6.11 Å². The van der Waals surface area contributed by atoms with Gasteiger partial charge in [-0.2, -0.15) is 0 Å². The van der Waals surface area contributed by atoms with Crippen LogP contribution in [0.1, 0.15) is 191 Å². The van der Waals surface area contributed by atoms with Crippen LogP contribution in [0.15, 0.2) is 11.6 Å². The van der Waals surface area contributed by atoms with Crippen molar-refractivity contribution in [1.82, 2.24) is 4.90 Å². The molecule has 0 aromatic heterocycles. The van der Waals surface area contributed by atoms with Gasteiger partial charge in [0.15, 0.2) is 0 Å². The van der Waals surface area contributed by atoms with E-state index in [1.54, 1.807) is 17.4 Å². The summed E-state index contributed by atoms with van der Waals surface area (Å²) < 4.78 is 13.4. The minimum absolute atomic E-state index is 0.0145. The van der Waals surface area contributed by atoms with Crippen LogP contribution in [0.3, 0.4) is 0 Å². The van der Waals surface area contributed by atoms with Gasteiger partial charge in [-0.05, 0) is 117 Å². The molecule has 0 radical (unpaired) electrons. The fourth-order valence-electron chi connectivity index (χ4n) is 12.2. The van der Waals surface area contributed by atoms with Crippen molar-refractivity contribution in [1.29, 1.82) is 0 Å². The average Bonchev–Trinajstić information content (AvgIpc) is 3.77. The van der Waals surface area contributed by atoms with Gasteiger partial charge in [0.25, 0.3) is 0 Å². The lowest BCUT2D eigenvalue weighted by atomic mass is 9.47. The zero-order valence-corrected chi connectivity index (χ0v) is 37.9. The van der Waals surface area contributed by atoms with Crippen molar-refractivity contribution < 1.29 is 25.3 Å². The van der Waals surface area contributed by atoms with E-state index >= 15 is 0 Å². The molecule has 1 heterocycles. The van der Waals surface area contributed by atoms with E-state index in [9.17, 15) is 19.2 Å². The van der Waals surface area contributed by atoms with Crippen LogP contribution in [0.4, 0.5) is 0 Å². The number of ether oxygens (including phenoxy) is 1. The zero-order chi connectivity index (χ0) is 41.2. The molecule has 56 heavy (non-hydrogen) atoms. The van der Waals surface area contributed by atoms with Gasteiger partial charge in [0.2, 0.25) is 5.91 Å². The number of unbranched alkanes of at least 4 members (excludes halogenated alkanes) is 3. The smallest absolute Gasteiger partial charge is 0.306 e. The van der Waals surface area contributed by atoms with Crippen LogP contribution in [0.2, 0.25) is 0 Å². The third-order valence-corrected chi connectivity index (χ3v) is 18.4. The molecule has 3 unspecified atom stereocenters. The molecule has 1 amide bonds. The Balaban J connectivity index is 0.933. The number of amides is 1. The number of esters is 1. The second-order valence-electron chi connectivity index (χ2n) is 19.7. The van der Waals surface area contributed by atoms with Gasteiger partial charge in [0.1, 0.15) is 17.7 Å². The Morgan fingerprint density at radius 3 is 2.43 bits per heavy atom. The van der Waals surface area contributed by atoms with Crippen LogP contribution in [-0.4, -0.2) is 58.0 Å². The summed E-state index contributed by atoms with van der Waals surface area (Å²) in [6.45, 7) is 14.9. The van der Waals surface area contributed by atoms with E-state index < -0.39 is 12.1 Å². The van der Waals surface area contributed by atoms with Crippen LogP contribution in [-0.2, 0) is 23.9 Å². The molecule has 3 saturated carbocycles. The highest BCUT2D eigenvalue weighted by Gasteiger charge is 2.59. The fraction of sp³-hybridized carbons (Fsp3) is 0.875. The molecule has 0 N–H and O–H groups in total. The normalized spacial score (nSPS) is 33.3. The van der Waals surface area contributed by atoms with Crippen molar-refractivity contribution in [2.24, 2.45) is 46.3 Å². The van der Waals surface area contributed by atoms with Crippen LogP contribution in [0.5, 0.6) is 0 Å². The summed E-state index contributed by atoms with van der Waals surface area (Å²) in [6, 6.07) is -0.233. The number of likely N-dealkylation sites (tertiary alicyclic amines) is 1. The van der Waals surface area contributed by atoms with E-state index in [1.807, 2.05) is 21.6 Å². The van der Waals surface area contributed by atoms with Gasteiger partial charge in [-0.3, -0.25) is 19.2 Å². The van der Waals surface area contributed by atoms with E-state index in [2.05, 4.69) is 40.7 Å². The lowest BCUT2D eigenvalue weighted by Crippen LogP contribution is -2.50. The van der Waals surface area contributed by atoms with Gasteiger partial charge in [-0.1, -0.05) is 107 Å². The third-order valence-electron chi connectivity index (χ3n) is 15.5. The molecule has 5 rings (SSSR count). The number of ketones is 2. The second kappa shape index (κ2) is 21.3. The third kappa shape index (κ3) is 11.7. The summed E-state index contributed by atoms with van der Waals surface area (Å²) >= 11 is 0. The van der Waals surface area contributed by atoms with E-state index in [1.165, 1.54) is 70.6 Å². The van der Waals surface area contributed by atoms with Gasteiger partial charge >= 0.3 is 5.97 Å². The average molecular weight is 816 g/mol. The summed E-state index contributed by atoms with van der Waals surface area (Å²) in [5.41, 5.74) is 2.71. The number of hydrogen-bond donors (Lipinski definition) is 0. The zero-order valence-electron chi connectivity index (χ0n) is 37.3. The Kier molecular flexibility index (Phi) is 16.8. The van der Waals surface area contributed by atoms with Crippen molar-refractivity contribution in [2.45, 2.75) is 207 Å². The van der Waals surface area contributed by atoms with Gasteiger partial charge in [-0.25, -0.2) is 0 Å². The molecule has 0 aromatic carbocycles. The molecule has 4 aliphatic carbocycles. The van der Waals surface area contributed by atoms with Gasteiger partial charge in [0, 0.05) is 56.9 Å². The molecule has 10 atom stereocenters. The number of fused-ring (bicyclic) bond motifs is 5. The van der Waals surface area contributed by atoms with Crippen molar-refractivity contribution >= 4 is 45.0 Å². The van der Waals surface area contributed by atoms with Gasteiger partial charge < -0.3 is 9.64 Å². The quantitative estimate of drug-likeness (QED) is 0.0466. The lowest BCUT2D eigenvalue weighted by Gasteiger charge is -2.58. The topological polar surface area (TPSA) is 80.8 Å².